The average Bonchev–Trinajstić information content (AvgIpc) is 2.43. The lowest BCUT2D eigenvalue weighted by atomic mass is 10.1. The molecule has 2 rings (SSSR count). The standard InChI is InChI=1S/C15H15ClFNO/c1-10(12-5-3-4-6-15(12)19-2)18-11-7-8-13(16)14(17)9-11/h3-10,18H,1-2H3. The van der Waals surface area contributed by atoms with Gasteiger partial charge in [-0.15, -0.1) is 0 Å². The van der Waals surface area contributed by atoms with Crippen molar-refractivity contribution in [3.05, 3.63) is 58.9 Å². The number of nitrogens with one attached hydrogen (secondary N) is 1. The number of anilines is 1. The largest absolute Gasteiger partial charge is 0.496 e. The van der Waals surface area contributed by atoms with E-state index >= 15 is 0 Å². The molecule has 2 aromatic carbocycles. The minimum absolute atomic E-state index is 0.00303. The van der Waals surface area contributed by atoms with Crippen molar-refractivity contribution in [3.8, 4) is 5.75 Å². The summed E-state index contributed by atoms with van der Waals surface area (Å²) in [6.07, 6.45) is 0. The van der Waals surface area contributed by atoms with Crippen molar-refractivity contribution in [2.24, 2.45) is 0 Å². The van der Waals surface area contributed by atoms with Crippen LogP contribution in [-0.4, -0.2) is 7.11 Å². The molecule has 1 unspecified atom stereocenters. The van der Waals surface area contributed by atoms with Crippen molar-refractivity contribution in [2.45, 2.75) is 13.0 Å². The van der Waals surface area contributed by atoms with Crippen molar-refractivity contribution in [1.82, 2.24) is 0 Å². The highest BCUT2D eigenvalue weighted by molar-refractivity contribution is 6.30. The zero-order valence-electron chi connectivity index (χ0n) is 10.8. The fraction of sp³-hybridized carbons (Fsp3) is 0.200. The fourth-order valence-corrected chi connectivity index (χ4v) is 2.06. The Hall–Kier alpha value is -1.74. The third-order valence-electron chi connectivity index (χ3n) is 2.91. The monoisotopic (exact) mass is 279 g/mol. The lowest BCUT2D eigenvalue weighted by molar-refractivity contribution is 0.408. The molecule has 1 atom stereocenters. The predicted molar refractivity (Wildman–Crippen MR) is 76.4 cm³/mol. The minimum atomic E-state index is -0.432. The topological polar surface area (TPSA) is 21.3 Å². The van der Waals surface area contributed by atoms with Crippen molar-refractivity contribution in [2.75, 3.05) is 12.4 Å². The second-order valence-electron chi connectivity index (χ2n) is 4.24. The van der Waals surface area contributed by atoms with Crippen molar-refractivity contribution in [1.29, 1.82) is 0 Å². The first kappa shape index (κ1) is 13.7. The number of benzene rings is 2. The fourth-order valence-electron chi connectivity index (χ4n) is 1.94. The molecule has 0 aliphatic heterocycles. The highest BCUT2D eigenvalue weighted by Crippen LogP contribution is 2.28. The lowest BCUT2D eigenvalue weighted by Crippen LogP contribution is -2.08. The summed E-state index contributed by atoms with van der Waals surface area (Å²) in [5.74, 6) is 0.371. The van der Waals surface area contributed by atoms with Crippen molar-refractivity contribution in [3.63, 3.8) is 0 Å². The molecule has 2 nitrogen and oxygen atoms in total. The van der Waals surface area contributed by atoms with E-state index in [0.717, 1.165) is 11.3 Å². The number of halogens is 2. The Morgan fingerprint density at radius 2 is 1.95 bits per heavy atom. The van der Waals surface area contributed by atoms with E-state index in [1.165, 1.54) is 12.1 Å². The van der Waals surface area contributed by atoms with Crippen LogP contribution in [0.3, 0.4) is 0 Å². The van der Waals surface area contributed by atoms with Crippen LogP contribution in [0.5, 0.6) is 5.75 Å². The molecule has 2 aromatic rings. The summed E-state index contributed by atoms with van der Waals surface area (Å²) in [6.45, 7) is 1.99. The number of hydrogen-bond acceptors (Lipinski definition) is 2. The van der Waals surface area contributed by atoms with Gasteiger partial charge in [0, 0.05) is 11.3 Å². The first-order chi connectivity index (χ1) is 9.11. The number of para-hydroxylation sites is 1. The number of methoxy groups -OCH3 is 1. The summed E-state index contributed by atoms with van der Waals surface area (Å²) in [5, 5.41) is 3.34. The molecule has 4 heteroatoms. The first-order valence-corrected chi connectivity index (χ1v) is 6.34. The molecular weight excluding hydrogens is 265 g/mol. The smallest absolute Gasteiger partial charge is 0.143 e. The second kappa shape index (κ2) is 5.93. The van der Waals surface area contributed by atoms with Gasteiger partial charge in [-0.3, -0.25) is 0 Å². The third-order valence-corrected chi connectivity index (χ3v) is 3.21. The van der Waals surface area contributed by atoms with Crippen LogP contribution in [0, 0.1) is 5.82 Å². The molecule has 19 heavy (non-hydrogen) atoms. The summed E-state index contributed by atoms with van der Waals surface area (Å²) in [4.78, 5) is 0. The molecule has 1 N–H and O–H groups in total. The van der Waals surface area contributed by atoms with Gasteiger partial charge in [0.05, 0.1) is 18.2 Å². The van der Waals surface area contributed by atoms with E-state index in [0.29, 0.717) is 5.69 Å². The zero-order chi connectivity index (χ0) is 13.8. The van der Waals surface area contributed by atoms with E-state index in [4.69, 9.17) is 16.3 Å². The van der Waals surface area contributed by atoms with Gasteiger partial charge in [-0.2, -0.15) is 0 Å². The Morgan fingerprint density at radius 1 is 1.21 bits per heavy atom. The Balaban J connectivity index is 2.20. The van der Waals surface area contributed by atoms with Gasteiger partial charge in [0.15, 0.2) is 0 Å². The summed E-state index contributed by atoms with van der Waals surface area (Å²) in [6, 6.07) is 12.4. The molecule has 0 aliphatic carbocycles. The first-order valence-electron chi connectivity index (χ1n) is 5.96. The van der Waals surface area contributed by atoms with Crippen LogP contribution in [0.25, 0.3) is 0 Å². The molecule has 0 bridgehead atoms. The van der Waals surface area contributed by atoms with Crippen LogP contribution in [0.2, 0.25) is 5.02 Å². The zero-order valence-corrected chi connectivity index (χ0v) is 11.5. The summed E-state index contributed by atoms with van der Waals surface area (Å²) >= 11 is 5.66. The van der Waals surface area contributed by atoms with Crippen LogP contribution < -0.4 is 10.1 Å². The van der Waals surface area contributed by atoms with Gasteiger partial charge in [0.25, 0.3) is 0 Å². The van der Waals surface area contributed by atoms with Crippen LogP contribution in [0.4, 0.5) is 10.1 Å². The molecule has 0 fully saturated rings. The number of ether oxygens (including phenoxy) is 1. The van der Waals surface area contributed by atoms with Gasteiger partial charge in [0.2, 0.25) is 0 Å². The normalized spacial score (nSPS) is 12.0. The van der Waals surface area contributed by atoms with E-state index in [9.17, 15) is 4.39 Å². The molecule has 0 spiro atoms. The van der Waals surface area contributed by atoms with Gasteiger partial charge in [-0.25, -0.2) is 4.39 Å². The van der Waals surface area contributed by atoms with E-state index in [-0.39, 0.29) is 11.1 Å². The summed E-state index contributed by atoms with van der Waals surface area (Å²) < 4.78 is 18.7. The third kappa shape index (κ3) is 3.18. The summed E-state index contributed by atoms with van der Waals surface area (Å²) in [5.41, 5.74) is 1.70. The maximum Gasteiger partial charge on any atom is 0.143 e. The molecule has 100 valence electrons. The van der Waals surface area contributed by atoms with Gasteiger partial charge in [-0.1, -0.05) is 29.8 Å². The van der Waals surface area contributed by atoms with Crippen molar-refractivity contribution < 1.29 is 9.13 Å². The van der Waals surface area contributed by atoms with E-state index in [1.54, 1.807) is 13.2 Å². The Kier molecular flexibility index (Phi) is 4.27. The minimum Gasteiger partial charge on any atom is -0.496 e. The predicted octanol–water partition coefficient (Wildman–Crippen LogP) is 4.66. The molecule has 0 heterocycles. The van der Waals surface area contributed by atoms with Gasteiger partial charge < -0.3 is 10.1 Å². The van der Waals surface area contributed by atoms with Crippen LogP contribution in [-0.2, 0) is 0 Å². The lowest BCUT2D eigenvalue weighted by Gasteiger charge is -2.18. The average molecular weight is 280 g/mol. The molecule has 0 aliphatic rings. The number of hydrogen-bond donors (Lipinski definition) is 1. The quantitative estimate of drug-likeness (QED) is 0.879. The highest BCUT2D eigenvalue weighted by Gasteiger charge is 2.11. The maximum atomic E-state index is 13.4. The summed E-state index contributed by atoms with van der Waals surface area (Å²) in [7, 11) is 1.63. The van der Waals surface area contributed by atoms with E-state index < -0.39 is 5.82 Å². The SMILES string of the molecule is COc1ccccc1C(C)Nc1ccc(Cl)c(F)c1. The molecule has 0 aromatic heterocycles. The van der Waals surface area contributed by atoms with Crippen molar-refractivity contribution >= 4 is 17.3 Å². The van der Waals surface area contributed by atoms with E-state index in [1.807, 2.05) is 31.2 Å². The number of rotatable bonds is 4. The second-order valence-corrected chi connectivity index (χ2v) is 4.64. The van der Waals surface area contributed by atoms with Crippen LogP contribution >= 0.6 is 11.6 Å². The highest BCUT2D eigenvalue weighted by atomic mass is 35.5. The van der Waals surface area contributed by atoms with Gasteiger partial charge in [0.1, 0.15) is 11.6 Å². The molecule has 0 saturated heterocycles. The van der Waals surface area contributed by atoms with E-state index in [2.05, 4.69) is 5.32 Å². The van der Waals surface area contributed by atoms with Crippen LogP contribution in [0.15, 0.2) is 42.5 Å². The van der Waals surface area contributed by atoms with Gasteiger partial charge in [-0.05, 0) is 31.2 Å². The Bertz CT molecular complexity index is 574. The molecular formula is C15H15ClFNO. The Labute approximate surface area is 117 Å². The van der Waals surface area contributed by atoms with Crippen LogP contribution in [0.1, 0.15) is 18.5 Å². The molecule has 0 saturated carbocycles. The van der Waals surface area contributed by atoms with Gasteiger partial charge >= 0.3 is 0 Å². The molecule has 0 amide bonds. The molecule has 0 radical (unpaired) electrons. The Morgan fingerprint density at radius 3 is 2.63 bits per heavy atom. The maximum absolute atomic E-state index is 13.4.